The van der Waals surface area contributed by atoms with Gasteiger partial charge in [0.2, 0.25) is 10.0 Å². The van der Waals surface area contributed by atoms with Crippen LogP contribution in [0.15, 0.2) is 29.2 Å². The molecule has 16 heavy (non-hydrogen) atoms. The van der Waals surface area contributed by atoms with Crippen molar-refractivity contribution in [2.45, 2.75) is 11.5 Å². The molecule has 0 aliphatic carbocycles. The van der Waals surface area contributed by atoms with E-state index in [0.717, 1.165) is 5.56 Å². The molecular formula is C10H15NO4S. The van der Waals surface area contributed by atoms with Crippen LogP contribution in [-0.2, 0) is 21.4 Å². The third-order valence-electron chi connectivity index (χ3n) is 1.92. The van der Waals surface area contributed by atoms with E-state index < -0.39 is 10.0 Å². The first-order valence-electron chi connectivity index (χ1n) is 4.78. The molecule has 0 spiro atoms. The molecule has 0 saturated carbocycles. The van der Waals surface area contributed by atoms with Crippen molar-refractivity contribution >= 4 is 10.0 Å². The van der Waals surface area contributed by atoms with E-state index in [2.05, 4.69) is 4.72 Å². The summed E-state index contributed by atoms with van der Waals surface area (Å²) < 4.78 is 30.6. The first-order valence-corrected chi connectivity index (χ1v) is 6.27. The molecule has 0 heterocycles. The van der Waals surface area contributed by atoms with Gasteiger partial charge in [0, 0.05) is 13.7 Å². The molecule has 1 aromatic carbocycles. The summed E-state index contributed by atoms with van der Waals surface area (Å²) in [6, 6.07) is 6.48. The molecule has 90 valence electrons. The minimum atomic E-state index is -3.53. The summed E-state index contributed by atoms with van der Waals surface area (Å²) in [5.41, 5.74) is 0.786. The van der Waals surface area contributed by atoms with E-state index >= 15 is 0 Å². The van der Waals surface area contributed by atoms with E-state index in [0.29, 0.717) is 6.61 Å². The molecule has 5 nitrogen and oxygen atoms in total. The van der Waals surface area contributed by atoms with Crippen LogP contribution >= 0.6 is 0 Å². The number of rotatable bonds is 6. The fourth-order valence-electron chi connectivity index (χ4n) is 1.23. The number of sulfonamides is 1. The second-order valence-corrected chi connectivity index (χ2v) is 4.97. The Hall–Kier alpha value is -0.950. The zero-order valence-corrected chi connectivity index (χ0v) is 9.83. The maximum absolute atomic E-state index is 11.7. The van der Waals surface area contributed by atoms with Crippen LogP contribution in [0.25, 0.3) is 0 Å². The zero-order valence-electron chi connectivity index (χ0n) is 9.01. The number of hydrogen-bond donors (Lipinski definition) is 2. The van der Waals surface area contributed by atoms with E-state index in [9.17, 15) is 8.42 Å². The molecule has 0 saturated heterocycles. The van der Waals surface area contributed by atoms with Crippen molar-refractivity contribution in [3.8, 4) is 0 Å². The highest BCUT2D eigenvalue weighted by Crippen LogP contribution is 2.11. The number of benzene rings is 1. The summed E-state index contributed by atoms with van der Waals surface area (Å²) in [5, 5.41) is 8.57. The lowest BCUT2D eigenvalue weighted by molar-refractivity contribution is 0.184. The molecule has 0 fully saturated rings. The normalized spacial score (nSPS) is 11.6. The van der Waals surface area contributed by atoms with Crippen molar-refractivity contribution in [2.24, 2.45) is 0 Å². The fraction of sp³-hybridized carbons (Fsp3) is 0.400. The summed E-state index contributed by atoms with van der Waals surface area (Å²) in [6.45, 7) is 0.150. The second kappa shape index (κ2) is 5.95. The molecule has 6 heteroatoms. The number of hydrogen-bond acceptors (Lipinski definition) is 4. The van der Waals surface area contributed by atoms with Crippen LogP contribution in [-0.4, -0.2) is 33.8 Å². The van der Waals surface area contributed by atoms with Gasteiger partial charge in [0.05, 0.1) is 18.1 Å². The van der Waals surface area contributed by atoms with Gasteiger partial charge < -0.3 is 9.84 Å². The van der Waals surface area contributed by atoms with Gasteiger partial charge in [0.15, 0.2) is 0 Å². The predicted molar refractivity (Wildman–Crippen MR) is 59.4 cm³/mol. The summed E-state index contributed by atoms with van der Waals surface area (Å²) in [5.74, 6) is 0. The van der Waals surface area contributed by atoms with Gasteiger partial charge in [-0.2, -0.15) is 0 Å². The van der Waals surface area contributed by atoms with Gasteiger partial charge >= 0.3 is 0 Å². The fourth-order valence-corrected chi connectivity index (χ4v) is 2.32. The Morgan fingerprint density at radius 2 is 2.19 bits per heavy atom. The molecule has 0 unspecified atom stereocenters. The largest absolute Gasteiger partial charge is 0.395 e. The molecular weight excluding hydrogens is 230 g/mol. The lowest BCUT2D eigenvalue weighted by Crippen LogP contribution is -2.26. The Kier molecular flexibility index (Phi) is 4.88. The average molecular weight is 245 g/mol. The Morgan fingerprint density at radius 1 is 1.44 bits per heavy atom. The second-order valence-electron chi connectivity index (χ2n) is 3.20. The van der Waals surface area contributed by atoms with Crippen molar-refractivity contribution < 1.29 is 18.3 Å². The van der Waals surface area contributed by atoms with Crippen molar-refractivity contribution in [3.63, 3.8) is 0 Å². The number of methoxy groups -OCH3 is 1. The quantitative estimate of drug-likeness (QED) is 0.745. The first kappa shape index (κ1) is 13.1. The number of aliphatic hydroxyl groups excluding tert-OH is 1. The van der Waals surface area contributed by atoms with Gasteiger partial charge in [-0.25, -0.2) is 13.1 Å². The highest BCUT2D eigenvalue weighted by atomic mass is 32.2. The smallest absolute Gasteiger partial charge is 0.240 e. The van der Waals surface area contributed by atoms with Crippen LogP contribution in [0.3, 0.4) is 0 Å². The minimum absolute atomic E-state index is 0.0108. The van der Waals surface area contributed by atoms with Crippen molar-refractivity contribution in [3.05, 3.63) is 29.8 Å². The van der Waals surface area contributed by atoms with Crippen LogP contribution < -0.4 is 4.72 Å². The monoisotopic (exact) mass is 245 g/mol. The lowest BCUT2D eigenvalue weighted by atomic mass is 10.2. The molecule has 0 amide bonds. The summed E-state index contributed by atoms with van der Waals surface area (Å²) >= 11 is 0. The van der Waals surface area contributed by atoms with Crippen molar-refractivity contribution in [2.75, 3.05) is 20.3 Å². The molecule has 0 aliphatic heterocycles. The summed E-state index contributed by atoms with van der Waals surface area (Å²) in [4.78, 5) is 0.176. The molecule has 0 bridgehead atoms. The van der Waals surface area contributed by atoms with E-state index in [-0.39, 0.29) is 18.0 Å². The summed E-state index contributed by atoms with van der Waals surface area (Å²) in [7, 11) is -1.98. The Bertz CT molecular complexity index is 430. The molecule has 0 aromatic heterocycles. The van der Waals surface area contributed by atoms with Gasteiger partial charge in [-0.05, 0) is 17.7 Å². The molecule has 0 atom stereocenters. The van der Waals surface area contributed by atoms with Gasteiger partial charge in [0.1, 0.15) is 0 Å². The van der Waals surface area contributed by atoms with Crippen molar-refractivity contribution in [1.29, 1.82) is 0 Å². The Labute approximate surface area is 95.1 Å². The van der Waals surface area contributed by atoms with Crippen LogP contribution in [0.2, 0.25) is 0 Å². The Morgan fingerprint density at radius 3 is 2.81 bits per heavy atom. The average Bonchev–Trinajstić information content (AvgIpc) is 2.27. The van der Waals surface area contributed by atoms with E-state index in [1.807, 2.05) is 0 Å². The zero-order chi connectivity index (χ0) is 12.0. The van der Waals surface area contributed by atoms with Crippen LogP contribution in [0, 0.1) is 0 Å². The number of aliphatic hydroxyl groups is 1. The van der Waals surface area contributed by atoms with Gasteiger partial charge in [-0.3, -0.25) is 0 Å². The van der Waals surface area contributed by atoms with E-state index in [1.165, 1.54) is 6.07 Å². The molecule has 0 radical (unpaired) electrons. The number of ether oxygens (including phenoxy) is 1. The maximum Gasteiger partial charge on any atom is 0.240 e. The van der Waals surface area contributed by atoms with Crippen LogP contribution in [0.1, 0.15) is 5.56 Å². The van der Waals surface area contributed by atoms with Gasteiger partial charge in [-0.1, -0.05) is 12.1 Å². The van der Waals surface area contributed by atoms with Crippen LogP contribution in [0.4, 0.5) is 0 Å². The Balaban J connectivity index is 2.90. The van der Waals surface area contributed by atoms with Gasteiger partial charge in [0.25, 0.3) is 0 Å². The highest BCUT2D eigenvalue weighted by molar-refractivity contribution is 7.89. The number of nitrogens with one attached hydrogen (secondary N) is 1. The van der Waals surface area contributed by atoms with E-state index in [1.54, 1.807) is 25.3 Å². The standard InChI is InChI=1S/C10H15NO4S/c1-15-8-9-3-2-4-10(7-9)16(13,14)11-5-6-12/h2-4,7,11-12H,5-6,8H2,1H3. The predicted octanol–water partition coefficient (Wildman–Crippen LogP) is 0.104. The van der Waals surface area contributed by atoms with Crippen molar-refractivity contribution in [1.82, 2.24) is 4.72 Å². The maximum atomic E-state index is 11.7. The molecule has 1 rings (SSSR count). The van der Waals surface area contributed by atoms with E-state index in [4.69, 9.17) is 9.84 Å². The highest BCUT2D eigenvalue weighted by Gasteiger charge is 2.13. The topological polar surface area (TPSA) is 75.6 Å². The first-order chi connectivity index (χ1) is 7.60. The van der Waals surface area contributed by atoms with Gasteiger partial charge in [-0.15, -0.1) is 0 Å². The molecule has 2 N–H and O–H groups in total. The minimum Gasteiger partial charge on any atom is -0.395 e. The third kappa shape index (κ3) is 3.57. The molecule has 1 aromatic rings. The van der Waals surface area contributed by atoms with Crippen LogP contribution in [0.5, 0.6) is 0 Å². The summed E-state index contributed by atoms with van der Waals surface area (Å²) in [6.07, 6.45) is 0. The lowest BCUT2D eigenvalue weighted by Gasteiger charge is -2.06. The third-order valence-corrected chi connectivity index (χ3v) is 3.38. The molecule has 0 aliphatic rings. The SMILES string of the molecule is COCc1cccc(S(=O)(=O)NCCO)c1.